The first-order valence-corrected chi connectivity index (χ1v) is 7.17. The van der Waals surface area contributed by atoms with E-state index in [1.807, 2.05) is 24.3 Å². The molecule has 0 unspecified atom stereocenters. The van der Waals surface area contributed by atoms with Gasteiger partial charge in [-0.3, -0.25) is 9.88 Å². The van der Waals surface area contributed by atoms with Crippen molar-refractivity contribution in [2.45, 2.75) is 0 Å². The van der Waals surface area contributed by atoms with Crippen LogP contribution in [-0.4, -0.2) is 49.3 Å². The number of benzene rings is 1. The van der Waals surface area contributed by atoms with Crippen LogP contribution in [0.15, 0.2) is 30.5 Å². The van der Waals surface area contributed by atoms with Crippen LogP contribution in [-0.2, 0) is 4.74 Å². The van der Waals surface area contributed by atoms with Crippen molar-refractivity contribution in [3.8, 4) is 5.75 Å². The molecule has 0 amide bonds. The number of pyridine rings is 1. The summed E-state index contributed by atoms with van der Waals surface area (Å²) in [6.45, 7) is 5.17. The molecule has 1 aromatic heterocycles. The van der Waals surface area contributed by atoms with Crippen molar-refractivity contribution >= 4 is 22.5 Å². The monoisotopic (exact) mass is 292 g/mol. The molecular weight excluding hydrogens is 276 g/mol. The van der Waals surface area contributed by atoms with E-state index in [-0.39, 0.29) is 0 Å². The second-order valence-corrected chi connectivity index (χ2v) is 5.25. The van der Waals surface area contributed by atoms with Crippen LogP contribution in [0.5, 0.6) is 5.75 Å². The van der Waals surface area contributed by atoms with Crippen LogP contribution in [0.3, 0.4) is 0 Å². The highest BCUT2D eigenvalue weighted by Crippen LogP contribution is 2.21. The van der Waals surface area contributed by atoms with Gasteiger partial charge in [0, 0.05) is 30.0 Å². The second kappa shape index (κ2) is 6.39. The number of hydrogen-bond donors (Lipinski definition) is 0. The van der Waals surface area contributed by atoms with Gasteiger partial charge in [-0.2, -0.15) is 0 Å². The second-order valence-electron chi connectivity index (χ2n) is 4.81. The summed E-state index contributed by atoms with van der Waals surface area (Å²) in [7, 11) is 0. The zero-order valence-corrected chi connectivity index (χ0v) is 12.0. The lowest BCUT2D eigenvalue weighted by Crippen LogP contribution is -2.38. The summed E-state index contributed by atoms with van der Waals surface area (Å²) < 4.78 is 11.1. The Morgan fingerprint density at radius 3 is 2.95 bits per heavy atom. The highest BCUT2D eigenvalue weighted by atomic mass is 35.5. The van der Waals surface area contributed by atoms with Crippen LogP contribution in [0.2, 0.25) is 5.02 Å². The molecule has 0 saturated carbocycles. The smallest absolute Gasteiger partial charge is 0.138 e. The largest absolute Gasteiger partial charge is 0.491 e. The number of morpholine rings is 1. The normalized spacial score (nSPS) is 16.4. The van der Waals surface area contributed by atoms with Crippen LogP contribution in [0.1, 0.15) is 0 Å². The van der Waals surface area contributed by atoms with Gasteiger partial charge in [0.1, 0.15) is 12.4 Å². The van der Waals surface area contributed by atoms with Crippen LogP contribution < -0.4 is 4.74 Å². The van der Waals surface area contributed by atoms with Gasteiger partial charge in [0.2, 0.25) is 0 Å². The Morgan fingerprint density at radius 1 is 1.25 bits per heavy atom. The van der Waals surface area contributed by atoms with E-state index in [1.165, 1.54) is 0 Å². The third-order valence-corrected chi connectivity index (χ3v) is 3.63. The van der Waals surface area contributed by atoms with Crippen molar-refractivity contribution in [3.05, 3.63) is 35.5 Å². The lowest BCUT2D eigenvalue weighted by molar-refractivity contribution is 0.0322. The van der Waals surface area contributed by atoms with E-state index >= 15 is 0 Å². The molecule has 1 aliphatic rings. The molecule has 1 saturated heterocycles. The predicted octanol–water partition coefficient (Wildman–Crippen LogP) is 2.60. The van der Waals surface area contributed by atoms with E-state index in [0.29, 0.717) is 11.6 Å². The van der Waals surface area contributed by atoms with Gasteiger partial charge in [-0.15, -0.1) is 0 Å². The van der Waals surface area contributed by atoms with Crippen molar-refractivity contribution in [3.63, 3.8) is 0 Å². The predicted molar refractivity (Wildman–Crippen MR) is 79.5 cm³/mol. The maximum atomic E-state index is 5.99. The topological polar surface area (TPSA) is 34.6 Å². The molecule has 0 aliphatic carbocycles. The molecule has 0 bridgehead atoms. The molecule has 0 radical (unpaired) electrons. The molecule has 20 heavy (non-hydrogen) atoms. The van der Waals surface area contributed by atoms with Crippen LogP contribution >= 0.6 is 11.6 Å². The average Bonchev–Trinajstić information content (AvgIpc) is 2.48. The van der Waals surface area contributed by atoms with E-state index in [1.54, 1.807) is 6.20 Å². The highest BCUT2D eigenvalue weighted by Gasteiger charge is 2.09. The van der Waals surface area contributed by atoms with Crippen molar-refractivity contribution in [1.82, 2.24) is 9.88 Å². The van der Waals surface area contributed by atoms with Crippen LogP contribution in [0.25, 0.3) is 10.9 Å². The van der Waals surface area contributed by atoms with E-state index < -0.39 is 0 Å². The maximum absolute atomic E-state index is 5.99. The minimum Gasteiger partial charge on any atom is -0.491 e. The Labute approximate surface area is 123 Å². The average molecular weight is 293 g/mol. The molecule has 5 heteroatoms. The molecule has 3 rings (SSSR count). The number of nitrogens with zero attached hydrogens (tertiary/aromatic N) is 2. The molecule has 4 nitrogen and oxygen atoms in total. The Kier molecular flexibility index (Phi) is 4.35. The summed E-state index contributed by atoms with van der Waals surface area (Å²) >= 11 is 5.99. The van der Waals surface area contributed by atoms with E-state index in [2.05, 4.69) is 9.88 Å². The molecular formula is C15H17ClN2O2. The summed E-state index contributed by atoms with van der Waals surface area (Å²) in [5.74, 6) is 0.785. The first-order valence-electron chi connectivity index (χ1n) is 6.79. The van der Waals surface area contributed by atoms with Crippen molar-refractivity contribution in [2.75, 3.05) is 39.5 Å². The van der Waals surface area contributed by atoms with E-state index in [9.17, 15) is 0 Å². The zero-order chi connectivity index (χ0) is 13.8. The van der Waals surface area contributed by atoms with Gasteiger partial charge in [0.15, 0.2) is 0 Å². The summed E-state index contributed by atoms with van der Waals surface area (Å²) in [4.78, 5) is 6.71. The van der Waals surface area contributed by atoms with Crippen molar-refractivity contribution in [1.29, 1.82) is 0 Å². The summed E-state index contributed by atoms with van der Waals surface area (Å²) in [5.41, 5.74) is 0.926. The third-order valence-electron chi connectivity index (χ3n) is 3.40. The molecule has 1 aromatic carbocycles. The van der Waals surface area contributed by atoms with Gasteiger partial charge in [0.05, 0.1) is 24.9 Å². The molecule has 2 aromatic rings. The highest BCUT2D eigenvalue weighted by molar-refractivity contribution is 6.31. The lowest BCUT2D eigenvalue weighted by Gasteiger charge is -2.26. The first kappa shape index (κ1) is 13.6. The minimum atomic E-state index is 0.660. The molecule has 1 aliphatic heterocycles. The standard InChI is InChI=1S/C15H17ClN2O2/c16-13-1-2-15-12(9-13)10-14(11-17-15)20-8-5-18-3-6-19-7-4-18/h1-2,9-11H,3-8H2. The van der Waals surface area contributed by atoms with Crippen LogP contribution in [0, 0.1) is 0 Å². The fourth-order valence-electron chi connectivity index (χ4n) is 2.28. The number of ether oxygens (including phenoxy) is 2. The van der Waals surface area contributed by atoms with Gasteiger partial charge in [-0.25, -0.2) is 0 Å². The molecule has 0 spiro atoms. The van der Waals surface area contributed by atoms with Gasteiger partial charge >= 0.3 is 0 Å². The molecule has 0 N–H and O–H groups in total. The Morgan fingerprint density at radius 2 is 2.10 bits per heavy atom. The zero-order valence-electron chi connectivity index (χ0n) is 11.2. The SMILES string of the molecule is Clc1ccc2ncc(OCCN3CCOCC3)cc2c1. The van der Waals surface area contributed by atoms with E-state index in [4.69, 9.17) is 21.1 Å². The Hall–Kier alpha value is -1.36. The minimum absolute atomic E-state index is 0.660. The maximum Gasteiger partial charge on any atom is 0.138 e. The lowest BCUT2D eigenvalue weighted by atomic mass is 10.2. The number of hydrogen-bond acceptors (Lipinski definition) is 4. The van der Waals surface area contributed by atoms with Crippen molar-refractivity contribution < 1.29 is 9.47 Å². The fourth-order valence-corrected chi connectivity index (χ4v) is 2.46. The molecule has 2 heterocycles. The van der Waals surface area contributed by atoms with E-state index in [0.717, 1.165) is 49.5 Å². The van der Waals surface area contributed by atoms with Gasteiger partial charge in [-0.1, -0.05) is 11.6 Å². The number of halogens is 1. The number of aromatic nitrogens is 1. The first-order chi connectivity index (χ1) is 9.81. The third kappa shape index (κ3) is 3.39. The molecule has 1 fully saturated rings. The summed E-state index contributed by atoms with van der Waals surface area (Å²) in [6, 6.07) is 7.64. The fraction of sp³-hybridized carbons (Fsp3) is 0.400. The van der Waals surface area contributed by atoms with Gasteiger partial charge < -0.3 is 9.47 Å². The number of rotatable bonds is 4. The molecule has 0 atom stereocenters. The molecule has 106 valence electrons. The van der Waals surface area contributed by atoms with Crippen LogP contribution in [0.4, 0.5) is 0 Å². The quantitative estimate of drug-likeness (QED) is 0.867. The van der Waals surface area contributed by atoms with Crippen molar-refractivity contribution in [2.24, 2.45) is 0 Å². The van der Waals surface area contributed by atoms with Gasteiger partial charge in [-0.05, 0) is 24.3 Å². The summed E-state index contributed by atoms with van der Waals surface area (Å²) in [5, 5.41) is 1.71. The Bertz CT molecular complexity index is 585. The Balaban J connectivity index is 1.59. The summed E-state index contributed by atoms with van der Waals surface area (Å²) in [6.07, 6.45) is 1.76. The number of fused-ring (bicyclic) bond motifs is 1. The van der Waals surface area contributed by atoms with Gasteiger partial charge in [0.25, 0.3) is 0 Å².